The first kappa shape index (κ1) is 16.8. The Kier molecular flexibility index (Phi) is 5.23. The number of hydrogen-bond acceptors (Lipinski definition) is 4. The molecule has 2 rings (SSSR count). The predicted octanol–water partition coefficient (Wildman–Crippen LogP) is 1.99. The minimum Gasteiger partial charge on any atom is -0.322 e. The molecule has 122 valence electrons. The molecule has 2 aromatic rings. The van der Waals surface area contributed by atoms with Crippen molar-refractivity contribution < 1.29 is 14.1 Å². The molecule has 1 aromatic heterocycles. The molecule has 0 aliphatic heterocycles. The standard InChI is InChI=1S/C16H18FN3O3/c1-3-4-12(20-17)15(22)16(23)18-10-5-6-11-9(2)7-14(21)19-13(11)8-10/h5-8,12,20H,3-4H2,1-2H3,(H,18,23)(H,19,21). The SMILES string of the molecule is CCCC(NF)C(=O)C(=O)Nc1ccc2c(C)cc(=O)[nH]c2c1. The Balaban J connectivity index is 2.23. The zero-order valence-corrected chi connectivity index (χ0v) is 12.9. The fourth-order valence-corrected chi connectivity index (χ4v) is 2.39. The number of hydrogen-bond donors (Lipinski definition) is 3. The van der Waals surface area contributed by atoms with Crippen molar-refractivity contribution in [1.82, 2.24) is 10.5 Å². The second-order valence-corrected chi connectivity index (χ2v) is 5.35. The lowest BCUT2D eigenvalue weighted by molar-refractivity contribution is -0.137. The van der Waals surface area contributed by atoms with E-state index >= 15 is 0 Å². The Hall–Kier alpha value is -2.54. The molecule has 3 N–H and O–H groups in total. The van der Waals surface area contributed by atoms with Gasteiger partial charge in [-0.05, 0) is 31.0 Å². The fourth-order valence-electron chi connectivity index (χ4n) is 2.39. The molecule has 0 bridgehead atoms. The number of aromatic amines is 1. The van der Waals surface area contributed by atoms with Crippen LogP contribution in [0.3, 0.4) is 0 Å². The molecule has 0 spiro atoms. The van der Waals surface area contributed by atoms with Crippen molar-refractivity contribution >= 4 is 28.3 Å². The zero-order chi connectivity index (χ0) is 17.0. The number of H-pyrrole nitrogens is 1. The number of aryl methyl sites for hydroxylation is 1. The van der Waals surface area contributed by atoms with E-state index in [-0.39, 0.29) is 12.0 Å². The van der Waals surface area contributed by atoms with Gasteiger partial charge in [0, 0.05) is 17.1 Å². The summed E-state index contributed by atoms with van der Waals surface area (Å²) in [5, 5.41) is 3.27. The maximum atomic E-state index is 12.6. The van der Waals surface area contributed by atoms with Gasteiger partial charge in [0.2, 0.25) is 11.3 Å². The van der Waals surface area contributed by atoms with Crippen LogP contribution in [0.4, 0.5) is 10.2 Å². The second-order valence-electron chi connectivity index (χ2n) is 5.35. The van der Waals surface area contributed by atoms with E-state index in [0.717, 1.165) is 10.9 Å². The first-order chi connectivity index (χ1) is 11.0. The van der Waals surface area contributed by atoms with Crippen molar-refractivity contribution in [1.29, 1.82) is 0 Å². The first-order valence-electron chi connectivity index (χ1n) is 7.31. The van der Waals surface area contributed by atoms with Crippen LogP contribution < -0.4 is 16.4 Å². The van der Waals surface area contributed by atoms with Gasteiger partial charge in [-0.15, -0.1) is 10.0 Å². The van der Waals surface area contributed by atoms with Crippen molar-refractivity contribution in [3.05, 3.63) is 40.2 Å². The Morgan fingerprint density at radius 1 is 1.30 bits per heavy atom. The Morgan fingerprint density at radius 3 is 2.70 bits per heavy atom. The van der Waals surface area contributed by atoms with Gasteiger partial charge >= 0.3 is 0 Å². The van der Waals surface area contributed by atoms with Crippen LogP contribution in [0.15, 0.2) is 29.1 Å². The molecular weight excluding hydrogens is 301 g/mol. The predicted molar refractivity (Wildman–Crippen MR) is 85.9 cm³/mol. The molecule has 1 amide bonds. The van der Waals surface area contributed by atoms with E-state index in [0.29, 0.717) is 17.6 Å². The Morgan fingerprint density at radius 2 is 2.04 bits per heavy atom. The van der Waals surface area contributed by atoms with E-state index in [1.165, 1.54) is 11.6 Å². The monoisotopic (exact) mass is 319 g/mol. The summed E-state index contributed by atoms with van der Waals surface area (Å²) in [4.78, 5) is 37.9. The average molecular weight is 319 g/mol. The maximum Gasteiger partial charge on any atom is 0.293 e. The molecule has 0 saturated carbocycles. The third-order valence-electron chi connectivity index (χ3n) is 3.56. The summed E-state index contributed by atoms with van der Waals surface area (Å²) >= 11 is 0. The molecule has 0 saturated heterocycles. The molecule has 0 radical (unpaired) electrons. The number of aromatic nitrogens is 1. The third kappa shape index (κ3) is 3.81. The van der Waals surface area contributed by atoms with Crippen molar-refractivity contribution in [2.75, 3.05) is 5.32 Å². The lowest BCUT2D eigenvalue weighted by Gasteiger charge is -2.12. The van der Waals surface area contributed by atoms with E-state index in [1.54, 1.807) is 25.1 Å². The van der Waals surface area contributed by atoms with Crippen molar-refractivity contribution in [3.8, 4) is 0 Å². The van der Waals surface area contributed by atoms with Crippen molar-refractivity contribution in [2.24, 2.45) is 0 Å². The number of halogens is 1. The molecule has 0 aliphatic rings. The van der Waals surface area contributed by atoms with Gasteiger partial charge in [0.05, 0.1) is 5.52 Å². The van der Waals surface area contributed by atoms with Crippen LogP contribution >= 0.6 is 0 Å². The largest absolute Gasteiger partial charge is 0.322 e. The molecule has 7 heteroatoms. The number of fused-ring (bicyclic) bond motifs is 1. The van der Waals surface area contributed by atoms with Crippen LogP contribution in [-0.4, -0.2) is 22.7 Å². The molecule has 0 aliphatic carbocycles. The Bertz CT molecular complexity index is 801. The minimum absolute atomic E-state index is 0.229. The van der Waals surface area contributed by atoms with Crippen LogP contribution in [0.5, 0.6) is 0 Å². The number of amides is 1. The highest BCUT2D eigenvalue weighted by molar-refractivity contribution is 6.42. The topological polar surface area (TPSA) is 91.1 Å². The Labute approximate surface area is 132 Å². The van der Waals surface area contributed by atoms with E-state index in [4.69, 9.17) is 0 Å². The fraction of sp³-hybridized carbons (Fsp3) is 0.312. The summed E-state index contributed by atoms with van der Waals surface area (Å²) in [6.45, 7) is 3.60. The average Bonchev–Trinajstić information content (AvgIpc) is 2.51. The number of rotatable bonds is 6. The number of nitrogens with one attached hydrogen (secondary N) is 3. The lowest BCUT2D eigenvalue weighted by Crippen LogP contribution is -2.39. The molecular formula is C16H18FN3O3. The second kappa shape index (κ2) is 7.15. The molecule has 0 fully saturated rings. The van der Waals surface area contributed by atoms with Crippen LogP contribution in [0, 0.1) is 6.92 Å². The van der Waals surface area contributed by atoms with E-state index in [1.807, 2.05) is 6.92 Å². The first-order valence-corrected chi connectivity index (χ1v) is 7.31. The van der Waals surface area contributed by atoms with Crippen LogP contribution in [0.25, 0.3) is 10.9 Å². The highest BCUT2D eigenvalue weighted by Crippen LogP contribution is 2.19. The van der Waals surface area contributed by atoms with Crippen LogP contribution in [-0.2, 0) is 9.59 Å². The number of carbonyl (C=O) groups is 2. The number of pyridine rings is 1. The quantitative estimate of drug-likeness (QED) is 0.561. The van der Waals surface area contributed by atoms with Gasteiger partial charge in [-0.1, -0.05) is 19.4 Å². The van der Waals surface area contributed by atoms with Gasteiger partial charge in [0.1, 0.15) is 6.04 Å². The smallest absolute Gasteiger partial charge is 0.293 e. The summed E-state index contributed by atoms with van der Waals surface area (Å²) in [5.41, 5.74) is 2.82. The number of anilines is 1. The van der Waals surface area contributed by atoms with Gasteiger partial charge < -0.3 is 10.3 Å². The third-order valence-corrected chi connectivity index (χ3v) is 3.56. The number of carbonyl (C=O) groups excluding carboxylic acids is 2. The number of benzene rings is 1. The van der Waals surface area contributed by atoms with E-state index in [2.05, 4.69) is 10.3 Å². The van der Waals surface area contributed by atoms with Crippen LogP contribution in [0.2, 0.25) is 0 Å². The number of ketones is 1. The van der Waals surface area contributed by atoms with E-state index < -0.39 is 17.7 Å². The van der Waals surface area contributed by atoms with E-state index in [9.17, 15) is 18.9 Å². The lowest BCUT2D eigenvalue weighted by atomic mass is 10.1. The minimum atomic E-state index is -1.15. The summed E-state index contributed by atoms with van der Waals surface area (Å²) in [5.74, 6) is -1.77. The zero-order valence-electron chi connectivity index (χ0n) is 12.9. The van der Waals surface area contributed by atoms with Gasteiger partial charge in [-0.25, -0.2) is 0 Å². The molecule has 1 unspecified atom stereocenters. The maximum absolute atomic E-state index is 12.6. The van der Waals surface area contributed by atoms with Gasteiger partial charge in [0.25, 0.3) is 5.91 Å². The summed E-state index contributed by atoms with van der Waals surface area (Å²) in [6.07, 6.45) is 0.796. The molecule has 1 atom stereocenters. The molecule has 1 heterocycles. The van der Waals surface area contributed by atoms with Crippen molar-refractivity contribution in [2.45, 2.75) is 32.7 Å². The number of Topliss-reactive ketones (excluding diaryl/α,β-unsaturated/α-hetero) is 1. The molecule has 6 nitrogen and oxygen atoms in total. The summed E-state index contributed by atoms with van der Waals surface area (Å²) < 4.78 is 12.6. The summed E-state index contributed by atoms with van der Waals surface area (Å²) in [7, 11) is 0. The highest BCUT2D eigenvalue weighted by Gasteiger charge is 2.24. The van der Waals surface area contributed by atoms with Gasteiger partial charge in [0.15, 0.2) is 0 Å². The van der Waals surface area contributed by atoms with Gasteiger partial charge in [-0.3, -0.25) is 14.4 Å². The normalized spacial score (nSPS) is 12.1. The molecule has 1 aromatic carbocycles. The molecule has 23 heavy (non-hydrogen) atoms. The van der Waals surface area contributed by atoms with Crippen LogP contribution in [0.1, 0.15) is 25.3 Å². The van der Waals surface area contributed by atoms with Crippen molar-refractivity contribution in [3.63, 3.8) is 0 Å². The summed E-state index contributed by atoms with van der Waals surface area (Å²) in [6, 6.07) is 5.25. The van der Waals surface area contributed by atoms with Gasteiger partial charge in [-0.2, -0.15) is 0 Å². The highest BCUT2D eigenvalue weighted by atomic mass is 19.2.